The predicted octanol–water partition coefficient (Wildman–Crippen LogP) is 5.41. The molecular weight excluding hydrogens is 800 g/mol. The number of carbonyl (C=O) groups excluding carboxylic acids is 5. The minimum absolute atomic E-state index is 0.00533. The number of hydrogen-bond acceptors (Lipinski definition) is 10. The van der Waals surface area contributed by atoms with Crippen molar-refractivity contribution in [1.29, 1.82) is 0 Å². The van der Waals surface area contributed by atoms with Gasteiger partial charge in [-0.25, -0.2) is 27.1 Å². The first-order valence-electron chi connectivity index (χ1n) is 17.9. The molecule has 5 amide bonds. The van der Waals surface area contributed by atoms with Crippen molar-refractivity contribution in [1.82, 2.24) is 25.2 Å². The van der Waals surface area contributed by atoms with E-state index >= 15 is 0 Å². The van der Waals surface area contributed by atoms with Crippen LogP contribution in [-0.4, -0.2) is 84.0 Å². The summed E-state index contributed by atoms with van der Waals surface area (Å²) in [5, 5.41) is 5.39. The SMILES string of the molecule is CC(C)(C)OC(=O)N[C@H]1CCCCC/C=C\[C@H]2C[C@@]2(C(=O)NS(=O)(=O)c2cc(Cl)c(Cl)s2)NC(=O)[C@@H]2C[C@@H](OC(=O)N3Cc4cccc(F)c4C3)CN2C1=O. The van der Waals surface area contributed by atoms with Gasteiger partial charge in [-0.1, -0.05) is 60.3 Å². The van der Waals surface area contributed by atoms with Gasteiger partial charge in [0.25, 0.3) is 15.9 Å². The third kappa shape index (κ3) is 9.21. The molecule has 3 aliphatic heterocycles. The highest BCUT2D eigenvalue weighted by Gasteiger charge is 2.62. The maximum Gasteiger partial charge on any atom is 0.410 e. The highest BCUT2D eigenvalue weighted by Crippen LogP contribution is 2.46. The Morgan fingerprint density at radius 3 is 2.56 bits per heavy atom. The summed E-state index contributed by atoms with van der Waals surface area (Å²) in [6, 6.07) is 3.26. The highest BCUT2D eigenvalue weighted by molar-refractivity contribution is 7.92. The number of fused-ring (bicyclic) bond motifs is 3. The van der Waals surface area contributed by atoms with Crippen molar-refractivity contribution in [2.24, 2.45) is 5.92 Å². The minimum Gasteiger partial charge on any atom is -0.444 e. The fourth-order valence-electron chi connectivity index (χ4n) is 7.06. The van der Waals surface area contributed by atoms with Gasteiger partial charge in [-0.05, 0) is 64.2 Å². The maximum absolute atomic E-state index is 14.4. The average molecular weight is 843 g/mol. The fraction of sp³-hybridized carbons (Fsp3) is 0.528. The Morgan fingerprint density at radius 2 is 1.87 bits per heavy atom. The zero-order chi connectivity index (χ0) is 39.9. The number of sulfonamides is 1. The van der Waals surface area contributed by atoms with Gasteiger partial charge in [0.15, 0.2) is 0 Å². The monoisotopic (exact) mass is 841 g/mol. The maximum atomic E-state index is 14.4. The van der Waals surface area contributed by atoms with Crippen molar-refractivity contribution in [3.63, 3.8) is 0 Å². The molecule has 4 aliphatic rings. The molecule has 5 atom stereocenters. The third-order valence-corrected chi connectivity index (χ3v) is 13.6. The lowest BCUT2D eigenvalue weighted by molar-refractivity contribution is -0.141. The summed E-state index contributed by atoms with van der Waals surface area (Å²) in [5.74, 6) is -3.45. The van der Waals surface area contributed by atoms with Gasteiger partial charge in [-0.15, -0.1) is 11.3 Å². The number of alkyl carbamates (subject to hydrolysis) is 1. The largest absolute Gasteiger partial charge is 0.444 e. The van der Waals surface area contributed by atoms with Crippen LogP contribution >= 0.6 is 34.5 Å². The molecule has 0 bridgehead atoms. The molecule has 0 unspecified atom stereocenters. The summed E-state index contributed by atoms with van der Waals surface area (Å²) in [5.41, 5.74) is -1.56. The number of allylic oxidation sites excluding steroid dienone is 1. The molecule has 19 heteroatoms. The molecule has 298 valence electrons. The molecule has 1 saturated carbocycles. The standard InChI is InChI=1S/C36H42Cl2FN5O9S2/c1-35(2,3)53-33(48)40-26-13-8-6-4-5-7-11-21-16-36(21,32(47)42-55(50,51)28-15-24(37)29(38)54-28)41-30(45)27-14-22(18-44(27)31(26)46)52-34(49)43-17-20-10-9-12-25(39)23(20)19-43/h7,9-12,15,21-22,26-27H,4-6,8,13-14,16-19H2,1-3H3,(H,40,48)(H,41,45)(H,42,47)/b11-7-/t21-,22+,26-,27-,36+/m0/s1. The number of rotatable bonds is 5. The van der Waals surface area contributed by atoms with Gasteiger partial charge >= 0.3 is 12.2 Å². The van der Waals surface area contributed by atoms with Crippen LogP contribution in [0.2, 0.25) is 9.36 Å². The van der Waals surface area contributed by atoms with E-state index in [1.807, 2.05) is 6.08 Å². The summed E-state index contributed by atoms with van der Waals surface area (Å²) < 4.78 is 53.9. The molecule has 0 radical (unpaired) electrons. The Balaban J connectivity index is 1.27. The van der Waals surface area contributed by atoms with Crippen LogP contribution in [-0.2, 0) is 47.0 Å². The van der Waals surface area contributed by atoms with Gasteiger partial charge in [0.1, 0.15) is 43.7 Å². The molecule has 14 nitrogen and oxygen atoms in total. The van der Waals surface area contributed by atoms with Crippen molar-refractivity contribution in [2.45, 2.75) is 112 Å². The number of carbonyl (C=O) groups is 5. The topological polar surface area (TPSA) is 181 Å². The van der Waals surface area contributed by atoms with Crippen LogP contribution in [0.5, 0.6) is 0 Å². The Morgan fingerprint density at radius 1 is 1.11 bits per heavy atom. The van der Waals surface area contributed by atoms with Crippen molar-refractivity contribution < 1.29 is 46.3 Å². The Bertz CT molecular complexity index is 2000. The van der Waals surface area contributed by atoms with E-state index in [0.29, 0.717) is 48.1 Å². The lowest BCUT2D eigenvalue weighted by Crippen LogP contribution is -2.58. The second-order valence-corrected chi connectivity index (χ2v) is 19.1. The third-order valence-electron chi connectivity index (χ3n) is 9.90. The first kappa shape index (κ1) is 40.7. The smallest absolute Gasteiger partial charge is 0.410 e. The lowest BCUT2D eigenvalue weighted by Gasteiger charge is -2.30. The van der Waals surface area contributed by atoms with Crippen LogP contribution < -0.4 is 15.4 Å². The van der Waals surface area contributed by atoms with Gasteiger partial charge in [0.2, 0.25) is 11.8 Å². The molecule has 1 aliphatic carbocycles. The summed E-state index contributed by atoms with van der Waals surface area (Å²) >= 11 is 12.6. The second kappa shape index (κ2) is 15.9. The normalized spacial score (nSPS) is 26.4. The number of nitrogens with one attached hydrogen (secondary N) is 3. The van der Waals surface area contributed by atoms with Gasteiger partial charge < -0.3 is 25.0 Å². The Hall–Kier alpha value is -3.93. The number of amides is 5. The van der Waals surface area contributed by atoms with Crippen LogP contribution in [0.4, 0.5) is 14.0 Å². The number of thiophene rings is 1. The van der Waals surface area contributed by atoms with E-state index in [2.05, 4.69) is 15.4 Å². The molecule has 1 aromatic heterocycles. The van der Waals surface area contributed by atoms with E-state index < -0.39 is 81.0 Å². The Kier molecular flexibility index (Phi) is 11.8. The van der Waals surface area contributed by atoms with Gasteiger partial charge in [-0.3, -0.25) is 19.3 Å². The zero-order valence-electron chi connectivity index (χ0n) is 30.4. The second-order valence-electron chi connectivity index (χ2n) is 15.1. The first-order chi connectivity index (χ1) is 25.9. The van der Waals surface area contributed by atoms with Gasteiger partial charge in [-0.2, -0.15) is 0 Å². The minimum atomic E-state index is -4.44. The highest BCUT2D eigenvalue weighted by atomic mass is 35.5. The first-order valence-corrected chi connectivity index (χ1v) is 20.9. The number of hydrogen-bond donors (Lipinski definition) is 3. The van der Waals surface area contributed by atoms with E-state index in [9.17, 15) is 36.8 Å². The Labute approximate surface area is 332 Å². The van der Waals surface area contributed by atoms with Crippen LogP contribution in [0.15, 0.2) is 40.6 Å². The predicted molar refractivity (Wildman–Crippen MR) is 200 cm³/mol. The van der Waals surface area contributed by atoms with E-state index in [0.717, 1.165) is 6.07 Å². The van der Waals surface area contributed by atoms with Gasteiger partial charge in [0, 0.05) is 24.4 Å². The zero-order valence-corrected chi connectivity index (χ0v) is 33.5. The number of ether oxygens (including phenoxy) is 2. The molecule has 2 fully saturated rings. The molecular formula is C36H42Cl2FN5O9S2. The summed E-state index contributed by atoms with van der Waals surface area (Å²) in [7, 11) is -4.44. The fourth-order valence-corrected chi connectivity index (χ4v) is 9.98. The molecule has 1 aromatic carbocycles. The molecule has 4 heterocycles. The van der Waals surface area contributed by atoms with Gasteiger partial charge in [0.05, 0.1) is 18.1 Å². The van der Waals surface area contributed by atoms with Crippen LogP contribution in [0.3, 0.4) is 0 Å². The number of benzene rings is 1. The number of nitrogens with zero attached hydrogens (tertiary/aromatic N) is 2. The van der Waals surface area contributed by atoms with Crippen molar-refractivity contribution >= 4 is 74.5 Å². The molecule has 3 N–H and O–H groups in total. The van der Waals surface area contributed by atoms with Crippen molar-refractivity contribution in [2.75, 3.05) is 6.54 Å². The average Bonchev–Trinajstić information content (AvgIpc) is 3.39. The van der Waals surface area contributed by atoms with Crippen LogP contribution in [0, 0.1) is 11.7 Å². The van der Waals surface area contributed by atoms with E-state index in [4.69, 9.17) is 32.7 Å². The van der Waals surface area contributed by atoms with E-state index in [1.54, 1.807) is 39.0 Å². The van der Waals surface area contributed by atoms with Crippen LogP contribution in [0.25, 0.3) is 0 Å². The lowest BCUT2D eigenvalue weighted by atomic mass is 10.0. The summed E-state index contributed by atoms with van der Waals surface area (Å²) in [4.78, 5) is 71.3. The quantitative estimate of drug-likeness (QED) is 0.332. The molecule has 55 heavy (non-hydrogen) atoms. The summed E-state index contributed by atoms with van der Waals surface area (Å²) in [6.07, 6.45) is 3.67. The van der Waals surface area contributed by atoms with Crippen molar-refractivity contribution in [3.8, 4) is 0 Å². The number of halogens is 3. The molecule has 2 aromatic rings. The molecule has 1 saturated heterocycles. The van der Waals surface area contributed by atoms with Crippen LogP contribution in [0.1, 0.15) is 76.8 Å². The van der Waals surface area contributed by atoms with E-state index in [-0.39, 0.29) is 52.5 Å². The summed E-state index contributed by atoms with van der Waals surface area (Å²) in [6.45, 7) is 4.88. The molecule has 0 spiro atoms. The molecule has 6 rings (SSSR count). The van der Waals surface area contributed by atoms with E-state index in [1.165, 1.54) is 15.9 Å². The van der Waals surface area contributed by atoms with Crippen molar-refractivity contribution in [3.05, 3.63) is 62.7 Å².